The van der Waals surface area contributed by atoms with E-state index in [0.717, 1.165) is 18.7 Å². The number of rotatable bonds is 3. The number of amides is 1. The summed E-state index contributed by atoms with van der Waals surface area (Å²) in [6.45, 7) is 5.65. The Kier molecular flexibility index (Phi) is 7.68. The van der Waals surface area contributed by atoms with Gasteiger partial charge in [-0.1, -0.05) is 6.07 Å². The first-order valence-corrected chi connectivity index (χ1v) is 8.19. The molecule has 0 bridgehead atoms. The molecule has 0 atom stereocenters. The van der Waals surface area contributed by atoms with E-state index in [2.05, 4.69) is 30.6 Å². The molecular weight excluding hydrogens is 322 g/mol. The SMILES string of the molecule is COC(=O)N1CCC(N=C(NC(C)C)c2cccs2)CC1.Cl. The minimum atomic E-state index is -0.240. The molecule has 1 aliphatic heterocycles. The van der Waals surface area contributed by atoms with E-state index in [4.69, 9.17) is 9.73 Å². The lowest BCUT2D eigenvalue weighted by Crippen LogP contribution is -2.40. The predicted octanol–water partition coefficient (Wildman–Crippen LogP) is 3.15. The number of halogens is 1. The number of ether oxygens (including phenoxy) is 1. The van der Waals surface area contributed by atoms with Gasteiger partial charge >= 0.3 is 6.09 Å². The lowest BCUT2D eigenvalue weighted by molar-refractivity contribution is 0.113. The van der Waals surface area contributed by atoms with Crippen LogP contribution in [0.25, 0.3) is 0 Å². The summed E-state index contributed by atoms with van der Waals surface area (Å²) in [6.07, 6.45) is 1.52. The van der Waals surface area contributed by atoms with Crippen molar-refractivity contribution >= 4 is 35.7 Å². The first-order valence-electron chi connectivity index (χ1n) is 7.31. The highest BCUT2D eigenvalue weighted by molar-refractivity contribution is 7.12. The largest absolute Gasteiger partial charge is 0.453 e. The van der Waals surface area contributed by atoms with Gasteiger partial charge in [0.15, 0.2) is 0 Å². The van der Waals surface area contributed by atoms with E-state index in [1.165, 1.54) is 12.0 Å². The van der Waals surface area contributed by atoms with Crippen LogP contribution in [-0.4, -0.2) is 49.1 Å². The smallest absolute Gasteiger partial charge is 0.409 e. The second kappa shape index (κ2) is 9.00. The molecule has 1 saturated heterocycles. The molecule has 1 aromatic rings. The van der Waals surface area contributed by atoms with Crippen LogP contribution in [0.15, 0.2) is 22.5 Å². The summed E-state index contributed by atoms with van der Waals surface area (Å²) < 4.78 is 4.76. The number of aliphatic imine (C=N–C) groups is 1. The van der Waals surface area contributed by atoms with Crippen LogP contribution in [0.3, 0.4) is 0 Å². The molecule has 5 nitrogen and oxygen atoms in total. The number of nitrogens with one attached hydrogen (secondary N) is 1. The van der Waals surface area contributed by atoms with Gasteiger partial charge in [-0.05, 0) is 38.1 Å². The van der Waals surface area contributed by atoms with Crippen molar-refractivity contribution in [2.24, 2.45) is 4.99 Å². The van der Waals surface area contributed by atoms with Crippen molar-refractivity contribution in [3.05, 3.63) is 22.4 Å². The highest BCUT2D eigenvalue weighted by Crippen LogP contribution is 2.17. The van der Waals surface area contributed by atoms with Gasteiger partial charge in [0.05, 0.1) is 18.0 Å². The zero-order chi connectivity index (χ0) is 15.2. The Bertz CT molecular complexity index is 483. The Hall–Kier alpha value is -1.27. The van der Waals surface area contributed by atoms with E-state index >= 15 is 0 Å². The standard InChI is InChI=1S/C15H23N3O2S.ClH/c1-11(2)16-14(13-5-4-10-21-13)17-12-6-8-18(9-7-12)15(19)20-3;/h4-5,10-12H,6-9H2,1-3H3,(H,16,17);1H. The number of nitrogens with zero attached hydrogens (tertiary/aromatic N) is 2. The molecule has 2 heterocycles. The summed E-state index contributed by atoms with van der Waals surface area (Å²) >= 11 is 1.69. The average molecular weight is 346 g/mol. The van der Waals surface area contributed by atoms with E-state index < -0.39 is 0 Å². The maximum absolute atomic E-state index is 11.5. The summed E-state index contributed by atoms with van der Waals surface area (Å²) in [5.41, 5.74) is 0. The Labute approximate surface area is 142 Å². The summed E-state index contributed by atoms with van der Waals surface area (Å²) in [7, 11) is 1.42. The Morgan fingerprint density at radius 2 is 2.14 bits per heavy atom. The maximum atomic E-state index is 11.5. The van der Waals surface area contributed by atoms with Crippen LogP contribution in [-0.2, 0) is 4.74 Å². The van der Waals surface area contributed by atoms with Crippen molar-refractivity contribution in [2.45, 2.75) is 38.8 Å². The quantitative estimate of drug-likeness (QED) is 0.676. The van der Waals surface area contributed by atoms with Crippen LogP contribution in [0.4, 0.5) is 4.79 Å². The predicted molar refractivity (Wildman–Crippen MR) is 93.4 cm³/mol. The topological polar surface area (TPSA) is 53.9 Å². The molecule has 0 radical (unpaired) electrons. The first-order chi connectivity index (χ1) is 10.1. The van der Waals surface area contributed by atoms with Crippen LogP contribution >= 0.6 is 23.7 Å². The van der Waals surface area contributed by atoms with Gasteiger partial charge in [-0.3, -0.25) is 4.99 Å². The number of piperidine rings is 1. The Balaban J connectivity index is 0.00000242. The van der Waals surface area contributed by atoms with Crippen molar-refractivity contribution in [1.82, 2.24) is 10.2 Å². The summed E-state index contributed by atoms with van der Waals surface area (Å²) in [4.78, 5) is 19.3. The van der Waals surface area contributed by atoms with Gasteiger partial charge in [0, 0.05) is 19.1 Å². The van der Waals surface area contributed by atoms with Gasteiger partial charge in [-0.2, -0.15) is 0 Å². The third-order valence-electron chi connectivity index (χ3n) is 3.39. The second-order valence-electron chi connectivity index (χ2n) is 5.44. The molecule has 0 unspecified atom stereocenters. The molecule has 1 aliphatic rings. The molecule has 1 N–H and O–H groups in total. The molecule has 22 heavy (non-hydrogen) atoms. The summed E-state index contributed by atoms with van der Waals surface area (Å²) in [5.74, 6) is 0.969. The Morgan fingerprint density at radius 1 is 1.45 bits per heavy atom. The monoisotopic (exact) mass is 345 g/mol. The van der Waals surface area contributed by atoms with Gasteiger partial charge in [-0.15, -0.1) is 23.7 Å². The molecule has 1 amide bonds. The van der Waals surface area contributed by atoms with Crippen LogP contribution in [0.2, 0.25) is 0 Å². The zero-order valence-electron chi connectivity index (χ0n) is 13.2. The van der Waals surface area contributed by atoms with Crippen molar-refractivity contribution < 1.29 is 9.53 Å². The second-order valence-corrected chi connectivity index (χ2v) is 6.39. The van der Waals surface area contributed by atoms with Crippen molar-refractivity contribution in [3.63, 3.8) is 0 Å². The third-order valence-corrected chi connectivity index (χ3v) is 4.27. The number of methoxy groups -OCH3 is 1. The van der Waals surface area contributed by atoms with Crippen molar-refractivity contribution in [3.8, 4) is 0 Å². The van der Waals surface area contributed by atoms with Crippen molar-refractivity contribution in [2.75, 3.05) is 20.2 Å². The number of carbonyl (C=O) groups is 1. The molecule has 0 aliphatic carbocycles. The van der Waals surface area contributed by atoms with Crippen LogP contribution in [0.5, 0.6) is 0 Å². The zero-order valence-corrected chi connectivity index (χ0v) is 14.9. The van der Waals surface area contributed by atoms with Crippen LogP contribution < -0.4 is 5.32 Å². The molecule has 0 saturated carbocycles. The molecule has 1 aromatic heterocycles. The van der Waals surface area contributed by atoms with E-state index in [1.54, 1.807) is 16.2 Å². The van der Waals surface area contributed by atoms with E-state index in [1.807, 2.05) is 6.07 Å². The minimum absolute atomic E-state index is 0. The fraction of sp³-hybridized carbons (Fsp3) is 0.600. The molecule has 2 rings (SSSR count). The van der Waals surface area contributed by atoms with Gasteiger partial charge in [-0.25, -0.2) is 4.79 Å². The number of hydrogen-bond donors (Lipinski definition) is 1. The number of thiophene rings is 1. The summed E-state index contributed by atoms with van der Waals surface area (Å²) in [6, 6.07) is 4.73. The number of hydrogen-bond acceptors (Lipinski definition) is 4. The van der Waals surface area contributed by atoms with Crippen LogP contribution in [0, 0.1) is 0 Å². The molecule has 0 aromatic carbocycles. The Morgan fingerprint density at radius 3 is 2.64 bits per heavy atom. The molecular formula is C15H24ClN3O2S. The maximum Gasteiger partial charge on any atom is 0.409 e. The first kappa shape index (κ1) is 18.8. The third kappa shape index (κ3) is 5.18. The summed E-state index contributed by atoms with van der Waals surface area (Å²) in [5, 5.41) is 5.49. The molecule has 124 valence electrons. The number of likely N-dealkylation sites (tertiary alicyclic amines) is 1. The number of carbonyl (C=O) groups excluding carboxylic acids is 1. The molecule has 1 fully saturated rings. The van der Waals surface area contributed by atoms with E-state index in [0.29, 0.717) is 19.1 Å². The highest BCUT2D eigenvalue weighted by Gasteiger charge is 2.23. The van der Waals surface area contributed by atoms with E-state index in [9.17, 15) is 4.79 Å². The lowest BCUT2D eigenvalue weighted by atomic mass is 10.1. The number of amidine groups is 1. The van der Waals surface area contributed by atoms with Gasteiger partial charge < -0.3 is 15.0 Å². The van der Waals surface area contributed by atoms with E-state index in [-0.39, 0.29) is 24.5 Å². The van der Waals surface area contributed by atoms with Gasteiger partial charge in [0.25, 0.3) is 0 Å². The normalized spacial score (nSPS) is 16.4. The van der Waals surface area contributed by atoms with Gasteiger partial charge in [0.1, 0.15) is 5.84 Å². The lowest BCUT2D eigenvalue weighted by Gasteiger charge is -2.29. The fourth-order valence-electron chi connectivity index (χ4n) is 2.35. The van der Waals surface area contributed by atoms with Crippen LogP contribution in [0.1, 0.15) is 31.6 Å². The highest BCUT2D eigenvalue weighted by atomic mass is 35.5. The van der Waals surface area contributed by atoms with Gasteiger partial charge in [0.2, 0.25) is 0 Å². The molecule has 0 spiro atoms. The fourth-order valence-corrected chi connectivity index (χ4v) is 3.03. The van der Waals surface area contributed by atoms with Crippen molar-refractivity contribution in [1.29, 1.82) is 0 Å². The minimum Gasteiger partial charge on any atom is -0.453 e. The average Bonchev–Trinajstić information content (AvgIpc) is 3.00. The molecule has 7 heteroatoms.